The van der Waals surface area contributed by atoms with Crippen LogP contribution in [0.5, 0.6) is 0 Å². The lowest BCUT2D eigenvalue weighted by atomic mass is 10.4. The van der Waals surface area contributed by atoms with Gasteiger partial charge in [0.15, 0.2) is 5.82 Å². The zero-order chi connectivity index (χ0) is 8.27. The van der Waals surface area contributed by atoms with Crippen LogP contribution < -0.4 is 0 Å². The maximum absolute atomic E-state index is 10.9. The van der Waals surface area contributed by atoms with Crippen molar-refractivity contribution in [3.63, 3.8) is 0 Å². The third-order valence-electron chi connectivity index (χ3n) is 0.991. The van der Waals surface area contributed by atoms with Gasteiger partial charge in [0, 0.05) is 12.4 Å². The highest BCUT2D eigenvalue weighted by molar-refractivity contribution is 9.10. The van der Waals surface area contributed by atoms with Gasteiger partial charge in [-0.05, 0) is 15.9 Å². The summed E-state index contributed by atoms with van der Waals surface area (Å²) in [5.74, 6) is -0.191. The number of rotatable bonds is 2. The topological polar surface area (TPSA) is 42.9 Å². The largest absolute Gasteiger partial charge is 0.289 e. The smallest absolute Gasteiger partial charge is 0.214 e. The Bertz CT molecular complexity index is 262. The summed E-state index contributed by atoms with van der Waals surface area (Å²) in [7, 11) is 0. The van der Waals surface area contributed by atoms with E-state index >= 15 is 0 Å². The second-order valence-electron chi connectivity index (χ2n) is 1.78. The van der Waals surface area contributed by atoms with Gasteiger partial charge in [0.2, 0.25) is 5.78 Å². The molecule has 0 atom stereocenters. The Morgan fingerprint density at radius 1 is 1.55 bits per heavy atom. The number of aromatic nitrogens is 2. The molecule has 0 aliphatic rings. The summed E-state index contributed by atoms with van der Waals surface area (Å²) >= 11 is 8.43. The third kappa shape index (κ3) is 2.24. The van der Waals surface area contributed by atoms with Gasteiger partial charge in [-0.2, -0.15) is 0 Å². The molecule has 0 saturated carbocycles. The minimum Gasteiger partial charge on any atom is -0.289 e. The van der Waals surface area contributed by atoms with Crippen LogP contribution in [-0.2, 0) is 0 Å². The van der Waals surface area contributed by atoms with Crippen molar-refractivity contribution in [1.82, 2.24) is 9.97 Å². The summed E-state index contributed by atoms with van der Waals surface area (Å²) in [6.07, 6.45) is 3.01. The van der Waals surface area contributed by atoms with Crippen molar-refractivity contribution in [2.45, 2.75) is 0 Å². The lowest BCUT2D eigenvalue weighted by Gasteiger charge is -1.93. The number of carbonyl (C=O) groups is 1. The van der Waals surface area contributed by atoms with Crippen LogP contribution >= 0.6 is 27.5 Å². The number of halogens is 2. The summed E-state index contributed by atoms with van der Waals surface area (Å²) < 4.78 is 0.739. The first kappa shape index (κ1) is 8.62. The van der Waals surface area contributed by atoms with Crippen LogP contribution in [0.1, 0.15) is 10.6 Å². The second kappa shape index (κ2) is 3.78. The molecule has 1 rings (SSSR count). The molecule has 0 unspecified atom stereocenters. The van der Waals surface area contributed by atoms with Gasteiger partial charge in [-0.15, -0.1) is 11.6 Å². The van der Waals surface area contributed by atoms with Gasteiger partial charge in [0.25, 0.3) is 0 Å². The first-order valence-electron chi connectivity index (χ1n) is 2.80. The minimum absolute atomic E-state index is 0.0817. The minimum atomic E-state index is -0.265. The molecule has 0 aliphatic carbocycles. The van der Waals surface area contributed by atoms with E-state index in [0.29, 0.717) is 0 Å². The van der Waals surface area contributed by atoms with Gasteiger partial charge in [0.05, 0.1) is 10.4 Å². The lowest BCUT2D eigenvalue weighted by molar-refractivity contribution is 0.101. The van der Waals surface area contributed by atoms with Gasteiger partial charge in [0.1, 0.15) is 0 Å². The zero-order valence-electron chi connectivity index (χ0n) is 5.42. The van der Waals surface area contributed by atoms with E-state index in [1.807, 2.05) is 0 Å². The molecule has 0 fully saturated rings. The molecule has 11 heavy (non-hydrogen) atoms. The number of hydrogen-bond donors (Lipinski definition) is 0. The van der Waals surface area contributed by atoms with Gasteiger partial charge < -0.3 is 0 Å². The van der Waals surface area contributed by atoms with Gasteiger partial charge in [-0.1, -0.05) is 0 Å². The molecule has 0 spiro atoms. The highest BCUT2D eigenvalue weighted by atomic mass is 79.9. The fourth-order valence-corrected chi connectivity index (χ4v) is 0.840. The van der Waals surface area contributed by atoms with Crippen LogP contribution in [0.3, 0.4) is 0 Å². The van der Waals surface area contributed by atoms with Crippen molar-refractivity contribution >= 4 is 33.3 Å². The molecule has 0 bridgehead atoms. The lowest BCUT2D eigenvalue weighted by Crippen LogP contribution is -2.05. The first-order chi connectivity index (χ1) is 5.24. The van der Waals surface area contributed by atoms with E-state index in [1.165, 1.54) is 12.4 Å². The monoisotopic (exact) mass is 234 g/mol. The molecule has 58 valence electrons. The average Bonchev–Trinajstić information content (AvgIpc) is 2.05. The summed E-state index contributed by atoms with van der Waals surface area (Å²) in [5.41, 5.74) is 0. The number of hydrogen-bond acceptors (Lipinski definition) is 3. The quantitative estimate of drug-likeness (QED) is 0.578. The molecule has 0 aliphatic heterocycles. The normalized spacial score (nSPS) is 9.64. The SMILES string of the molecule is O=C(CCl)c1ncc(Br)cn1. The second-order valence-corrected chi connectivity index (χ2v) is 2.96. The Morgan fingerprint density at radius 3 is 2.55 bits per heavy atom. The van der Waals surface area contributed by atoms with E-state index in [2.05, 4.69) is 25.9 Å². The maximum atomic E-state index is 10.9. The fourth-order valence-electron chi connectivity index (χ4n) is 0.516. The van der Waals surface area contributed by atoms with Gasteiger partial charge in [-0.3, -0.25) is 4.79 Å². The van der Waals surface area contributed by atoms with Gasteiger partial charge in [-0.25, -0.2) is 9.97 Å². The fraction of sp³-hybridized carbons (Fsp3) is 0.167. The summed E-state index contributed by atoms with van der Waals surface area (Å²) in [4.78, 5) is 18.4. The summed E-state index contributed by atoms with van der Waals surface area (Å²) in [6, 6.07) is 0. The molecule has 0 saturated heterocycles. The number of nitrogens with zero attached hydrogens (tertiary/aromatic N) is 2. The van der Waals surface area contributed by atoms with E-state index in [1.54, 1.807) is 0 Å². The van der Waals surface area contributed by atoms with E-state index in [0.717, 1.165) is 4.47 Å². The van der Waals surface area contributed by atoms with Crippen LogP contribution in [0.4, 0.5) is 0 Å². The van der Waals surface area contributed by atoms with E-state index < -0.39 is 0 Å². The van der Waals surface area contributed by atoms with Crippen molar-refractivity contribution in [1.29, 1.82) is 0 Å². The number of ketones is 1. The summed E-state index contributed by atoms with van der Waals surface area (Å²) in [6.45, 7) is 0. The summed E-state index contributed by atoms with van der Waals surface area (Å²) in [5, 5.41) is 0. The average molecular weight is 235 g/mol. The van der Waals surface area contributed by atoms with E-state index in [-0.39, 0.29) is 17.5 Å². The van der Waals surface area contributed by atoms with Crippen LogP contribution in [0.15, 0.2) is 16.9 Å². The predicted molar refractivity (Wildman–Crippen MR) is 44.8 cm³/mol. The molecule has 0 N–H and O–H groups in total. The number of carbonyl (C=O) groups excluding carboxylic acids is 1. The van der Waals surface area contributed by atoms with Crippen molar-refractivity contribution in [3.05, 3.63) is 22.7 Å². The first-order valence-corrected chi connectivity index (χ1v) is 4.13. The molecule has 3 nitrogen and oxygen atoms in total. The van der Waals surface area contributed by atoms with Gasteiger partial charge >= 0.3 is 0 Å². The Balaban J connectivity index is 2.90. The maximum Gasteiger partial charge on any atom is 0.214 e. The number of Topliss-reactive ketones (excluding diaryl/α,β-unsaturated/α-hetero) is 1. The van der Waals surface area contributed by atoms with Crippen LogP contribution in [-0.4, -0.2) is 21.6 Å². The Morgan fingerprint density at radius 2 is 2.09 bits per heavy atom. The zero-order valence-corrected chi connectivity index (χ0v) is 7.76. The Labute approximate surface area is 76.9 Å². The third-order valence-corrected chi connectivity index (χ3v) is 1.64. The highest BCUT2D eigenvalue weighted by Crippen LogP contribution is 2.04. The molecule has 1 heterocycles. The predicted octanol–water partition coefficient (Wildman–Crippen LogP) is 1.66. The molecule has 0 aromatic carbocycles. The van der Waals surface area contributed by atoms with Crippen LogP contribution in [0, 0.1) is 0 Å². The molecule has 0 radical (unpaired) electrons. The van der Waals surface area contributed by atoms with E-state index in [9.17, 15) is 4.79 Å². The molecule has 0 amide bonds. The Kier molecular flexibility index (Phi) is 2.96. The van der Waals surface area contributed by atoms with Crippen molar-refractivity contribution < 1.29 is 4.79 Å². The van der Waals surface area contributed by atoms with Crippen molar-refractivity contribution in [3.8, 4) is 0 Å². The standard InChI is InChI=1S/C6H4BrClN2O/c7-4-2-9-6(10-3-4)5(11)1-8/h2-3H,1H2. The molecular weight excluding hydrogens is 231 g/mol. The van der Waals surface area contributed by atoms with Crippen molar-refractivity contribution in [2.75, 3.05) is 5.88 Å². The molecular formula is C6H4BrClN2O. The molecule has 5 heteroatoms. The van der Waals surface area contributed by atoms with Crippen LogP contribution in [0.2, 0.25) is 0 Å². The number of alkyl halides is 1. The highest BCUT2D eigenvalue weighted by Gasteiger charge is 2.05. The van der Waals surface area contributed by atoms with E-state index in [4.69, 9.17) is 11.6 Å². The van der Waals surface area contributed by atoms with Crippen molar-refractivity contribution in [2.24, 2.45) is 0 Å². The molecule has 1 aromatic rings. The van der Waals surface area contributed by atoms with Crippen LogP contribution in [0.25, 0.3) is 0 Å². The molecule has 1 aromatic heterocycles. The Hall–Kier alpha value is -0.480.